The predicted octanol–water partition coefficient (Wildman–Crippen LogP) is 3.15. The van der Waals surface area contributed by atoms with Crippen LogP contribution in [0.15, 0.2) is 24.3 Å². The Balaban J connectivity index is 2.45. The molecule has 0 saturated carbocycles. The minimum Gasteiger partial charge on any atom is -0.380 e. The molecule has 0 saturated heterocycles. The van der Waals surface area contributed by atoms with Crippen molar-refractivity contribution in [2.75, 3.05) is 13.7 Å². The van der Waals surface area contributed by atoms with Gasteiger partial charge in [-0.2, -0.15) is 0 Å². The van der Waals surface area contributed by atoms with Crippen LogP contribution in [0.2, 0.25) is 0 Å². The van der Waals surface area contributed by atoms with Crippen molar-refractivity contribution in [2.24, 2.45) is 0 Å². The zero-order chi connectivity index (χ0) is 12.5. The molecule has 1 N–H and O–H groups in total. The summed E-state index contributed by atoms with van der Waals surface area (Å²) in [5.74, 6) is 0. The molecule has 0 atom stereocenters. The highest BCUT2D eigenvalue weighted by molar-refractivity contribution is 5.26. The second-order valence-electron chi connectivity index (χ2n) is 4.42. The van der Waals surface area contributed by atoms with Crippen LogP contribution in [0.3, 0.4) is 0 Å². The Bertz CT molecular complexity index is 308. The molecule has 0 fully saturated rings. The molecule has 0 bridgehead atoms. The molecule has 1 aromatic rings. The van der Waals surface area contributed by atoms with Crippen LogP contribution in [-0.4, -0.2) is 19.7 Å². The van der Waals surface area contributed by atoms with Crippen molar-refractivity contribution in [3.05, 3.63) is 35.4 Å². The van der Waals surface area contributed by atoms with Gasteiger partial charge in [0.15, 0.2) is 0 Å². The highest BCUT2D eigenvalue weighted by Crippen LogP contribution is 2.10. The standard InChI is InChI=1S/C15H25NO/c1-4-15(5-2)16-11-10-13-8-6-7-9-14(13)12-17-3/h6-9,15-16H,4-5,10-12H2,1-3H3. The van der Waals surface area contributed by atoms with Crippen LogP contribution >= 0.6 is 0 Å². The van der Waals surface area contributed by atoms with Crippen LogP contribution in [0.4, 0.5) is 0 Å². The van der Waals surface area contributed by atoms with Gasteiger partial charge in [-0.15, -0.1) is 0 Å². The molecule has 0 aromatic heterocycles. The first-order valence-corrected chi connectivity index (χ1v) is 6.60. The topological polar surface area (TPSA) is 21.3 Å². The summed E-state index contributed by atoms with van der Waals surface area (Å²) in [6.07, 6.45) is 3.49. The summed E-state index contributed by atoms with van der Waals surface area (Å²) < 4.78 is 5.22. The van der Waals surface area contributed by atoms with Gasteiger partial charge in [-0.25, -0.2) is 0 Å². The van der Waals surface area contributed by atoms with Crippen molar-refractivity contribution in [3.63, 3.8) is 0 Å². The van der Waals surface area contributed by atoms with E-state index >= 15 is 0 Å². The zero-order valence-corrected chi connectivity index (χ0v) is 11.3. The van der Waals surface area contributed by atoms with Crippen LogP contribution in [0.25, 0.3) is 0 Å². The Morgan fingerprint density at radius 2 is 1.76 bits per heavy atom. The SMILES string of the molecule is CCC(CC)NCCc1ccccc1COC. The highest BCUT2D eigenvalue weighted by Gasteiger charge is 2.04. The third kappa shape index (κ3) is 4.88. The van der Waals surface area contributed by atoms with Crippen molar-refractivity contribution in [2.45, 2.75) is 45.8 Å². The second kappa shape index (κ2) is 8.26. The Hall–Kier alpha value is -0.860. The van der Waals surface area contributed by atoms with Gasteiger partial charge >= 0.3 is 0 Å². The molecule has 96 valence electrons. The molecule has 0 aliphatic carbocycles. The van der Waals surface area contributed by atoms with E-state index in [1.807, 2.05) is 0 Å². The number of nitrogens with one attached hydrogen (secondary N) is 1. The van der Waals surface area contributed by atoms with Gasteiger partial charge < -0.3 is 10.1 Å². The van der Waals surface area contributed by atoms with E-state index in [4.69, 9.17) is 4.74 Å². The van der Waals surface area contributed by atoms with E-state index in [9.17, 15) is 0 Å². The van der Waals surface area contributed by atoms with Gasteiger partial charge in [-0.3, -0.25) is 0 Å². The van der Waals surface area contributed by atoms with Crippen molar-refractivity contribution in [3.8, 4) is 0 Å². The van der Waals surface area contributed by atoms with Crippen molar-refractivity contribution < 1.29 is 4.74 Å². The number of methoxy groups -OCH3 is 1. The normalized spacial score (nSPS) is 11.1. The minimum absolute atomic E-state index is 0.657. The van der Waals surface area contributed by atoms with E-state index in [0.717, 1.165) is 13.0 Å². The average Bonchev–Trinajstić information content (AvgIpc) is 2.37. The molecule has 17 heavy (non-hydrogen) atoms. The summed E-state index contributed by atoms with van der Waals surface area (Å²) in [6, 6.07) is 9.18. The third-order valence-electron chi connectivity index (χ3n) is 3.23. The van der Waals surface area contributed by atoms with E-state index < -0.39 is 0 Å². The maximum atomic E-state index is 5.22. The fourth-order valence-corrected chi connectivity index (χ4v) is 2.09. The smallest absolute Gasteiger partial charge is 0.0715 e. The first-order valence-electron chi connectivity index (χ1n) is 6.60. The molecule has 0 aliphatic rings. The van der Waals surface area contributed by atoms with Gasteiger partial charge in [0, 0.05) is 13.2 Å². The Kier molecular flexibility index (Phi) is 6.90. The summed E-state index contributed by atoms with van der Waals surface area (Å²) in [5.41, 5.74) is 2.70. The van der Waals surface area contributed by atoms with Gasteiger partial charge in [-0.05, 0) is 36.9 Å². The quantitative estimate of drug-likeness (QED) is 0.747. The van der Waals surface area contributed by atoms with Gasteiger partial charge in [-0.1, -0.05) is 38.1 Å². The first-order chi connectivity index (χ1) is 8.31. The number of hydrogen-bond acceptors (Lipinski definition) is 2. The first kappa shape index (κ1) is 14.2. The van der Waals surface area contributed by atoms with Crippen LogP contribution in [-0.2, 0) is 17.8 Å². The number of hydrogen-bond donors (Lipinski definition) is 1. The molecular formula is C15H25NO. The molecule has 0 heterocycles. The largest absolute Gasteiger partial charge is 0.380 e. The second-order valence-corrected chi connectivity index (χ2v) is 4.42. The number of ether oxygens (including phenoxy) is 1. The van der Waals surface area contributed by atoms with Crippen LogP contribution < -0.4 is 5.32 Å². The lowest BCUT2D eigenvalue weighted by molar-refractivity contribution is 0.184. The summed E-state index contributed by atoms with van der Waals surface area (Å²) in [7, 11) is 1.75. The fraction of sp³-hybridized carbons (Fsp3) is 0.600. The molecule has 0 spiro atoms. The highest BCUT2D eigenvalue weighted by atomic mass is 16.5. The number of benzene rings is 1. The Labute approximate surface area is 105 Å². The van der Waals surface area contributed by atoms with E-state index in [1.165, 1.54) is 24.0 Å². The molecule has 0 amide bonds. The lowest BCUT2D eigenvalue weighted by Gasteiger charge is -2.15. The van der Waals surface area contributed by atoms with Crippen molar-refractivity contribution in [1.82, 2.24) is 5.32 Å². The van der Waals surface area contributed by atoms with E-state index in [-0.39, 0.29) is 0 Å². The third-order valence-corrected chi connectivity index (χ3v) is 3.23. The van der Waals surface area contributed by atoms with Gasteiger partial charge in [0.05, 0.1) is 6.61 Å². The molecule has 1 rings (SSSR count). The predicted molar refractivity (Wildman–Crippen MR) is 73.2 cm³/mol. The summed E-state index contributed by atoms with van der Waals surface area (Å²) in [4.78, 5) is 0. The van der Waals surface area contributed by atoms with E-state index in [0.29, 0.717) is 12.6 Å². The van der Waals surface area contributed by atoms with Crippen LogP contribution in [0, 0.1) is 0 Å². The van der Waals surface area contributed by atoms with Crippen LogP contribution in [0.1, 0.15) is 37.8 Å². The molecule has 0 aliphatic heterocycles. The lowest BCUT2D eigenvalue weighted by Crippen LogP contribution is -2.29. The minimum atomic E-state index is 0.657. The van der Waals surface area contributed by atoms with Gasteiger partial charge in [0.1, 0.15) is 0 Å². The Morgan fingerprint density at radius 3 is 2.35 bits per heavy atom. The molecule has 0 unspecified atom stereocenters. The van der Waals surface area contributed by atoms with Gasteiger partial charge in [0.25, 0.3) is 0 Å². The molecule has 2 heteroatoms. The van der Waals surface area contributed by atoms with Crippen molar-refractivity contribution >= 4 is 0 Å². The summed E-state index contributed by atoms with van der Waals surface area (Å²) in [6.45, 7) is 6.23. The molecular weight excluding hydrogens is 210 g/mol. The Morgan fingerprint density at radius 1 is 1.12 bits per heavy atom. The molecule has 1 aromatic carbocycles. The monoisotopic (exact) mass is 235 g/mol. The molecule has 0 radical (unpaired) electrons. The summed E-state index contributed by atoms with van der Waals surface area (Å²) in [5, 5.41) is 3.60. The van der Waals surface area contributed by atoms with Crippen LogP contribution in [0.5, 0.6) is 0 Å². The van der Waals surface area contributed by atoms with E-state index in [1.54, 1.807) is 7.11 Å². The average molecular weight is 235 g/mol. The van der Waals surface area contributed by atoms with Crippen molar-refractivity contribution in [1.29, 1.82) is 0 Å². The maximum absolute atomic E-state index is 5.22. The van der Waals surface area contributed by atoms with Gasteiger partial charge in [0.2, 0.25) is 0 Å². The maximum Gasteiger partial charge on any atom is 0.0715 e. The molecule has 2 nitrogen and oxygen atoms in total. The summed E-state index contributed by atoms with van der Waals surface area (Å²) >= 11 is 0. The lowest BCUT2D eigenvalue weighted by atomic mass is 10.0. The zero-order valence-electron chi connectivity index (χ0n) is 11.3. The fourth-order valence-electron chi connectivity index (χ4n) is 2.09. The van der Waals surface area contributed by atoms with E-state index in [2.05, 4.69) is 43.4 Å². The number of rotatable bonds is 8.